The summed E-state index contributed by atoms with van der Waals surface area (Å²) >= 11 is 1.71. The topological polar surface area (TPSA) is 32.3 Å². The molecule has 0 saturated heterocycles. The lowest BCUT2D eigenvalue weighted by Crippen LogP contribution is -2.38. The number of benzene rings is 2. The van der Waals surface area contributed by atoms with Gasteiger partial charge in [0, 0.05) is 11.4 Å². The van der Waals surface area contributed by atoms with Crippen molar-refractivity contribution in [3.8, 4) is 0 Å². The molecule has 0 aromatic heterocycles. The van der Waals surface area contributed by atoms with Crippen molar-refractivity contribution in [2.24, 2.45) is 5.92 Å². The smallest absolute Gasteiger partial charge is 0.234 e. The second kappa shape index (κ2) is 9.74. The van der Waals surface area contributed by atoms with Gasteiger partial charge < -0.3 is 5.32 Å². The molecule has 3 nitrogen and oxygen atoms in total. The molecule has 140 valence electrons. The van der Waals surface area contributed by atoms with Crippen LogP contribution in [0.25, 0.3) is 0 Å². The standard InChI is InChI=1S/C21H27FN2OS/c1-15(2)21(17-7-9-18(22)10-8-17)23-20(25)14-24(3)13-16-5-11-19(26-4)12-6-16/h5-12,15,21H,13-14H2,1-4H3,(H,23,25). The lowest BCUT2D eigenvalue weighted by Gasteiger charge is -2.25. The van der Waals surface area contributed by atoms with E-state index in [1.807, 2.05) is 25.8 Å². The molecule has 0 aliphatic heterocycles. The summed E-state index contributed by atoms with van der Waals surface area (Å²) in [6.45, 7) is 5.12. The van der Waals surface area contributed by atoms with E-state index in [0.29, 0.717) is 13.1 Å². The zero-order valence-electron chi connectivity index (χ0n) is 15.8. The number of amides is 1. The monoisotopic (exact) mass is 374 g/mol. The van der Waals surface area contributed by atoms with Crippen LogP contribution in [0, 0.1) is 11.7 Å². The predicted molar refractivity (Wildman–Crippen MR) is 107 cm³/mol. The quantitative estimate of drug-likeness (QED) is 0.691. The molecule has 1 amide bonds. The van der Waals surface area contributed by atoms with E-state index in [4.69, 9.17) is 0 Å². The second-order valence-electron chi connectivity index (χ2n) is 6.86. The number of rotatable bonds is 8. The molecule has 0 spiro atoms. The van der Waals surface area contributed by atoms with E-state index in [1.165, 1.54) is 22.6 Å². The van der Waals surface area contributed by atoms with E-state index in [1.54, 1.807) is 23.9 Å². The number of nitrogens with one attached hydrogen (secondary N) is 1. The maximum Gasteiger partial charge on any atom is 0.234 e. The van der Waals surface area contributed by atoms with Crippen LogP contribution in [0.2, 0.25) is 0 Å². The van der Waals surface area contributed by atoms with Gasteiger partial charge in [-0.05, 0) is 54.6 Å². The molecule has 0 fully saturated rings. The highest BCUT2D eigenvalue weighted by Gasteiger charge is 2.19. The first kappa shape index (κ1) is 20.5. The third kappa shape index (κ3) is 6.15. The van der Waals surface area contributed by atoms with Gasteiger partial charge in [-0.2, -0.15) is 0 Å². The zero-order chi connectivity index (χ0) is 19.1. The molecule has 0 aliphatic carbocycles. The Labute approximate surface area is 160 Å². The Balaban J connectivity index is 1.93. The van der Waals surface area contributed by atoms with Gasteiger partial charge in [-0.15, -0.1) is 11.8 Å². The number of hydrogen-bond donors (Lipinski definition) is 1. The lowest BCUT2D eigenvalue weighted by molar-refractivity contribution is -0.123. The van der Waals surface area contributed by atoms with Crippen molar-refractivity contribution in [2.75, 3.05) is 19.8 Å². The number of hydrogen-bond acceptors (Lipinski definition) is 3. The van der Waals surface area contributed by atoms with E-state index < -0.39 is 0 Å². The number of thioether (sulfide) groups is 1. The summed E-state index contributed by atoms with van der Waals surface area (Å²) in [5.74, 6) is -0.0835. The third-order valence-electron chi connectivity index (χ3n) is 4.24. The first-order valence-electron chi connectivity index (χ1n) is 8.75. The molecule has 0 saturated carbocycles. The van der Waals surface area contributed by atoms with Crippen LogP contribution in [0.3, 0.4) is 0 Å². The van der Waals surface area contributed by atoms with Crippen molar-refractivity contribution >= 4 is 17.7 Å². The molecule has 26 heavy (non-hydrogen) atoms. The largest absolute Gasteiger partial charge is 0.348 e. The minimum Gasteiger partial charge on any atom is -0.348 e. The number of nitrogens with zero attached hydrogens (tertiary/aromatic N) is 1. The number of likely N-dealkylation sites (N-methyl/N-ethyl adjacent to an activating group) is 1. The number of carbonyl (C=O) groups is 1. The van der Waals surface area contributed by atoms with Gasteiger partial charge in [0.25, 0.3) is 0 Å². The fraction of sp³-hybridized carbons (Fsp3) is 0.381. The van der Waals surface area contributed by atoms with Crippen molar-refractivity contribution in [3.05, 3.63) is 65.5 Å². The Morgan fingerprint density at radius 1 is 1.12 bits per heavy atom. The van der Waals surface area contributed by atoms with Gasteiger partial charge in [-0.1, -0.05) is 38.1 Å². The zero-order valence-corrected chi connectivity index (χ0v) is 16.6. The Hall–Kier alpha value is -1.85. The predicted octanol–water partition coefficient (Wildman–Crippen LogP) is 4.49. The molecule has 1 N–H and O–H groups in total. The van der Waals surface area contributed by atoms with Crippen molar-refractivity contribution in [2.45, 2.75) is 31.3 Å². The minimum absolute atomic E-state index is 0.0312. The number of halogens is 1. The van der Waals surface area contributed by atoms with Gasteiger partial charge in [-0.25, -0.2) is 4.39 Å². The van der Waals surface area contributed by atoms with Crippen LogP contribution < -0.4 is 5.32 Å². The summed E-state index contributed by atoms with van der Waals surface area (Å²) in [6.07, 6.45) is 2.05. The van der Waals surface area contributed by atoms with Gasteiger partial charge in [-0.3, -0.25) is 9.69 Å². The average Bonchev–Trinajstić information content (AvgIpc) is 2.61. The molecule has 0 heterocycles. The molecular formula is C21H27FN2OS. The maximum absolute atomic E-state index is 13.1. The van der Waals surface area contributed by atoms with Crippen LogP contribution >= 0.6 is 11.8 Å². The molecule has 0 bridgehead atoms. The third-order valence-corrected chi connectivity index (χ3v) is 4.98. The van der Waals surface area contributed by atoms with E-state index in [9.17, 15) is 9.18 Å². The summed E-state index contributed by atoms with van der Waals surface area (Å²) < 4.78 is 13.1. The summed E-state index contributed by atoms with van der Waals surface area (Å²) in [5, 5.41) is 3.08. The minimum atomic E-state index is -0.269. The summed E-state index contributed by atoms with van der Waals surface area (Å²) in [7, 11) is 1.93. The van der Waals surface area contributed by atoms with Crippen LogP contribution in [0.4, 0.5) is 4.39 Å². The summed E-state index contributed by atoms with van der Waals surface area (Å²) in [6, 6.07) is 14.6. The van der Waals surface area contributed by atoms with Gasteiger partial charge in [0.2, 0.25) is 5.91 Å². The van der Waals surface area contributed by atoms with Crippen LogP contribution in [0.1, 0.15) is 31.0 Å². The Morgan fingerprint density at radius 2 is 1.73 bits per heavy atom. The van der Waals surface area contributed by atoms with Gasteiger partial charge in [0.05, 0.1) is 12.6 Å². The molecule has 0 aliphatic rings. The highest BCUT2D eigenvalue weighted by molar-refractivity contribution is 7.98. The molecule has 0 radical (unpaired) electrons. The lowest BCUT2D eigenvalue weighted by atomic mass is 9.96. The highest BCUT2D eigenvalue weighted by Crippen LogP contribution is 2.22. The molecule has 1 atom stereocenters. The fourth-order valence-corrected chi connectivity index (χ4v) is 3.28. The molecule has 1 unspecified atom stereocenters. The van der Waals surface area contributed by atoms with E-state index >= 15 is 0 Å². The van der Waals surface area contributed by atoms with E-state index in [2.05, 4.69) is 35.8 Å². The normalized spacial score (nSPS) is 12.4. The SMILES string of the molecule is CSc1ccc(CN(C)CC(=O)NC(c2ccc(F)cc2)C(C)C)cc1. The molecule has 2 aromatic carbocycles. The molecular weight excluding hydrogens is 347 g/mol. The van der Waals surface area contributed by atoms with Crippen molar-refractivity contribution < 1.29 is 9.18 Å². The molecule has 2 aromatic rings. The van der Waals surface area contributed by atoms with Crippen LogP contribution in [0.5, 0.6) is 0 Å². The van der Waals surface area contributed by atoms with Crippen LogP contribution in [0.15, 0.2) is 53.4 Å². The first-order valence-corrected chi connectivity index (χ1v) is 9.98. The Morgan fingerprint density at radius 3 is 2.27 bits per heavy atom. The number of carbonyl (C=O) groups excluding carboxylic acids is 1. The molecule has 2 rings (SSSR count). The van der Waals surface area contributed by atoms with Crippen LogP contribution in [-0.2, 0) is 11.3 Å². The van der Waals surface area contributed by atoms with Gasteiger partial charge in [0.15, 0.2) is 0 Å². The average molecular weight is 375 g/mol. The van der Waals surface area contributed by atoms with E-state index in [-0.39, 0.29) is 23.7 Å². The second-order valence-corrected chi connectivity index (χ2v) is 7.74. The van der Waals surface area contributed by atoms with Crippen molar-refractivity contribution in [1.82, 2.24) is 10.2 Å². The van der Waals surface area contributed by atoms with Crippen molar-refractivity contribution in [3.63, 3.8) is 0 Å². The Bertz CT molecular complexity index is 701. The maximum atomic E-state index is 13.1. The summed E-state index contributed by atoms with van der Waals surface area (Å²) in [5.41, 5.74) is 2.10. The summed E-state index contributed by atoms with van der Waals surface area (Å²) in [4.78, 5) is 15.7. The van der Waals surface area contributed by atoms with Crippen LogP contribution in [-0.4, -0.2) is 30.7 Å². The highest BCUT2D eigenvalue weighted by atomic mass is 32.2. The fourth-order valence-electron chi connectivity index (χ4n) is 2.87. The van der Waals surface area contributed by atoms with Gasteiger partial charge >= 0.3 is 0 Å². The van der Waals surface area contributed by atoms with Gasteiger partial charge in [0.1, 0.15) is 5.82 Å². The Kier molecular flexibility index (Phi) is 7.66. The molecule has 5 heteroatoms. The van der Waals surface area contributed by atoms with Crippen molar-refractivity contribution in [1.29, 1.82) is 0 Å². The first-order chi connectivity index (χ1) is 12.4. The van der Waals surface area contributed by atoms with E-state index in [0.717, 1.165) is 5.56 Å².